The van der Waals surface area contributed by atoms with Gasteiger partial charge in [0.2, 0.25) is 5.88 Å². The summed E-state index contributed by atoms with van der Waals surface area (Å²) in [4.78, 5) is 29.8. The van der Waals surface area contributed by atoms with E-state index in [-0.39, 0.29) is 24.3 Å². The van der Waals surface area contributed by atoms with E-state index in [1.165, 1.54) is 0 Å². The molecule has 1 amide bonds. The van der Waals surface area contributed by atoms with Crippen molar-refractivity contribution in [1.82, 2.24) is 20.1 Å². The molecule has 1 N–H and O–H groups in total. The summed E-state index contributed by atoms with van der Waals surface area (Å²) >= 11 is 0. The van der Waals surface area contributed by atoms with E-state index in [1.54, 1.807) is 41.2 Å². The van der Waals surface area contributed by atoms with Gasteiger partial charge >= 0.3 is 6.09 Å². The molecule has 3 rings (SSSR count). The maximum Gasteiger partial charge on any atom is 0.407 e. The van der Waals surface area contributed by atoms with E-state index in [2.05, 4.69) is 28.4 Å². The molecule has 2 unspecified atom stereocenters. The van der Waals surface area contributed by atoms with Gasteiger partial charge in [-0.3, -0.25) is 9.78 Å². The lowest BCUT2D eigenvalue weighted by Gasteiger charge is -2.23. The second kappa shape index (κ2) is 15.0. The van der Waals surface area contributed by atoms with Crippen LogP contribution in [0.25, 0.3) is 5.69 Å². The molecule has 0 saturated heterocycles. The monoisotopic (exact) mass is 559 g/mol. The van der Waals surface area contributed by atoms with Crippen LogP contribution in [0.3, 0.4) is 0 Å². The van der Waals surface area contributed by atoms with Crippen molar-refractivity contribution in [3.05, 3.63) is 71.7 Å². The van der Waals surface area contributed by atoms with Crippen molar-refractivity contribution in [3.8, 4) is 17.6 Å². The number of aromatic nitrogens is 3. The number of rotatable bonds is 14. The van der Waals surface area contributed by atoms with E-state index in [4.69, 9.17) is 14.7 Å². The minimum absolute atomic E-state index is 0.0278. The highest BCUT2D eigenvalue weighted by Crippen LogP contribution is 2.25. The zero-order valence-corrected chi connectivity index (χ0v) is 24.7. The number of nitrogens with zero attached hydrogens (tertiary/aromatic N) is 4. The smallest absolute Gasteiger partial charge is 0.407 e. The molecule has 0 bridgehead atoms. The number of pyridine rings is 1. The van der Waals surface area contributed by atoms with Gasteiger partial charge in [0.15, 0.2) is 5.78 Å². The van der Waals surface area contributed by atoms with Crippen molar-refractivity contribution in [2.45, 2.75) is 91.4 Å². The number of hydrogen-bond acceptors (Lipinski definition) is 7. The Hall–Kier alpha value is -4.19. The molecule has 2 heterocycles. The molecule has 41 heavy (non-hydrogen) atoms. The molecule has 218 valence electrons. The summed E-state index contributed by atoms with van der Waals surface area (Å²) in [5, 5.41) is 16.7. The van der Waals surface area contributed by atoms with E-state index in [9.17, 15) is 9.59 Å². The van der Waals surface area contributed by atoms with Crippen LogP contribution in [-0.2, 0) is 11.3 Å². The molecule has 0 aliphatic heterocycles. The molecule has 0 saturated carbocycles. The molecule has 9 heteroatoms. The predicted molar refractivity (Wildman–Crippen MR) is 157 cm³/mol. The first-order valence-electron chi connectivity index (χ1n) is 14.3. The van der Waals surface area contributed by atoms with E-state index in [0.29, 0.717) is 29.2 Å². The van der Waals surface area contributed by atoms with Crippen LogP contribution in [0.2, 0.25) is 0 Å². The Balaban J connectivity index is 1.65. The normalized spacial score (nSPS) is 12.7. The Morgan fingerprint density at radius 1 is 1.07 bits per heavy atom. The van der Waals surface area contributed by atoms with Gasteiger partial charge in [-0.15, -0.1) is 0 Å². The minimum Gasteiger partial charge on any atom is -0.471 e. The fourth-order valence-electron chi connectivity index (χ4n) is 4.42. The third-order valence-corrected chi connectivity index (χ3v) is 6.73. The van der Waals surface area contributed by atoms with Crippen molar-refractivity contribution in [2.24, 2.45) is 5.92 Å². The lowest BCUT2D eigenvalue weighted by Crippen LogP contribution is -2.38. The molecule has 2 aromatic heterocycles. The standard InChI is InChI=1S/C32H41N5O4/c1-6-23(11-10-13-25(7-2)35-31(39)41-32(3,4)5)19-29(38)28-20-30(40-22-26-12-8-9-18-34-26)37(36-28)27-16-14-24(21-33)15-17-27/h8-9,12,14-18,20,23,25H,6-7,10-11,13,19,22H2,1-5H3,(H,35,39). The van der Waals surface area contributed by atoms with Crippen LogP contribution in [0.15, 0.2) is 54.7 Å². The molecule has 0 radical (unpaired) electrons. The molecular formula is C32H41N5O4. The van der Waals surface area contributed by atoms with Crippen molar-refractivity contribution in [1.29, 1.82) is 5.26 Å². The number of amides is 1. The number of nitriles is 1. The minimum atomic E-state index is -0.535. The second-order valence-corrected chi connectivity index (χ2v) is 11.1. The largest absolute Gasteiger partial charge is 0.471 e. The predicted octanol–water partition coefficient (Wildman–Crippen LogP) is 6.79. The fraction of sp³-hybridized carbons (Fsp3) is 0.469. The highest BCUT2D eigenvalue weighted by Gasteiger charge is 2.22. The highest BCUT2D eigenvalue weighted by molar-refractivity contribution is 5.94. The summed E-state index contributed by atoms with van der Waals surface area (Å²) in [6.45, 7) is 9.90. The van der Waals surface area contributed by atoms with Crippen molar-refractivity contribution >= 4 is 11.9 Å². The van der Waals surface area contributed by atoms with Gasteiger partial charge in [-0.05, 0) is 82.3 Å². The Bertz CT molecular complexity index is 1310. The zero-order chi connectivity index (χ0) is 29.8. The number of nitrogens with one attached hydrogen (secondary N) is 1. The Morgan fingerprint density at radius 3 is 2.44 bits per heavy atom. The van der Waals surface area contributed by atoms with Crippen LogP contribution in [0.1, 0.15) is 94.9 Å². The number of alkyl carbamates (subject to hydrolysis) is 1. The summed E-state index contributed by atoms with van der Waals surface area (Å²) < 4.78 is 13.0. The maximum absolute atomic E-state index is 13.4. The average Bonchev–Trinajstić information content (AvgIpc) is 3.39. The maximum atomic E-state index is 13.4. The summed E-state index contributed by atoms with van der Waals surface area (Å²) in [5.74, 6) is 0.570. The third-order valence-electron chi connectivity index (χ3n) is 6.73. The van der Waals surface area contributed by atoms with Gasteiger partial charge in [0.05, 0.1) is 23.0 Å². The average molecular weight is 560 g/mol. The number of carbonyl (C=O) groups is 2. The Labute approximate surface area is 242 Å². The molecule has 0 aliphatic carbocycles. The summed E-state index contributed by atoms with van der Waals surface area (Å²) in [6, 6.07) is 16.4. The summed E-state index contributed by atoms with van der Waals surface area (Å²) in [6.07, 6.45) is 5.92. The first-order valence-corrected chi connectivity index (χ1v) is 14.3. The van der Waals surface area contributed by atoms with Crippen LogP contribution < -0.4 is 10.1 Å². The first-order chi connectivity index (χ1) is 19.6. The third kappa shape index (κ3) is 10.1. The molecule has 2 atom stereocenters. The second-order valence-electron chi connectivity index (χ2n) is 11.1. The van der Waals surface area contributed by atoms with Gasteiger partial charge in [-0.25, -0.2) is 9.48 Å². The lowest BCUT2D eigenvalue weighted by atomic mass is 9.91. The van der Waals surface area contributed by atoms with Gasteiger partial charge in [-0.2, -0.15) is 10.4 Å². The molecule has 0 aliphatic rings. The molecular weight excluding hydrogens is 518 g/mol. The van der Waals surface area contributed by atoms with Crippen LogP contribution in [0.5, 0.6) is 5.88 Å². The van der Waals surface area contributed by atoms with E-state index in [0.717, 1.165) is 37.8 Å². The van der Waals surface area contributed by atoms with Gasteiger partial charge in [0, 0.05) is 24.7 Å². The van der Waals surface area contributed by atoms with Crippen molar-refractivity contribution in [2.75, 3.05) is 0 Å². The summed E-state index contributed by atoms with van der Waals surface area (Å²) in [5.41, 5.74) is 1.78. The van der Waals surface area contributed by atoms with E-state index >= 15 is 0 Å². The van der Waals surface area contributed by atoms with Gasteiger partial charge in [-0.1, -0.05) is 32.8 Å². The quantitative estimate of drug-likeness (QED) is 0.216. The topological polar surface area (TPSA) is 119 Å². The fourth-order valence-corrected chi connectivity index (χ4v) is 4.42. The van der Waals surface area contributed by atoms with Crippen molar-refractivity contribution in [3.63, 3.8) is 0 Å². The molecule has 3 aromatic rings. The number of carbonyl (C=O) groups excluding carboxylic acids is 2. The zero-order valence-electron chi connectivity index (χ0n) is 24.7. The SMILES string of the molecule is CCC(CCCC(CC)NC(=O)OC(C)(C)C)CC(=O)c1cc(OCc2ccccn2)n(-c2ccc(C#N)cc2)n1. The van der Waals surface area contributed by atoms with Gasteiger partial charge in [0.25, 0.3) is 0 Å². The molecule has 0 fully saturated rings. The Morgan fingerprint density at radius 2 is 1.83 bits per heavy atom. The van der Waals surface area contributed by atoms with Crippen LogP contribution in [0.4, 0.5) is 4.79 Å². The van der Waals surface area contributed by atoms with Crippen LogP contribution in [-0.4, -0.2) is 38.3 Å². The lowest BCUT2D eigenvalue weighted by molar-refractivity contribution is 0.0499. The van der Waals surface area contributed by atoms with E-state index in [1.807, 2.05) is 45.9 Å². The van der Waals surface area contributed by atoms with E-state index < -0.39 is 11.7 Å². The van der Waals surface area contributed by atoms with Crippen LogP contribution >= 0.6 is 0 Å². The summed E-state index contributed by atoms with van der Waals surface area (Å²) in [7, 11) is 0. The highest BCUT2D eigenvalue weighted by atomic mass is 16.6. The number of ether oxygens (including phenoxy) is 2. The van der Waals surface area contributed by atoms with Gasteiger partial charge < -0.3 is 14.8 Å². The first kappa shape index (κ1) is 31.3. The number of hydrogen-bond donors (Lipinski definition) is 1. The van der Waals surface area contributed by atoms with Crippen LogP contribution in [0, 0.1) is 17.2 Å². The molecule has 0 spiro atoms. The Kier molecular flexibility index (Phi) is 11.5. The molecule has 1 aromatic carbocycles. The molecule has 9 nitrogen and oxygen atoms in total. The number of Topliss-reactive ketones (excluding diaryl/α,β-unsaturated/α-hetero) is 1. The number of ketones is 1. The number of benzene rings is 1. The van der Waals surface area contributed by atoms with Crippen molar-refractivity contribution < 1.29 is 19.1 Å². The van der Waals surface area contributed by atoms with Gasteiger partial charge in [0.1, 0.15) is 17.9 Å².